The van der Waals surface area contributed by atoms with Gasteiger partial charge in [-0.3, -0.25) is 10.2 Å². The number of aliphatic hydroxyl groups excluding tert-OH is 1. The van der Waals surface area contributed by atoms with Crippen molar-refractivity contribution in [1.29, 1.82) is 0 Å². The number of hydrogen-bond acceptors (Lipinski definition) is 8. The van der Waals surface area contributed by atoms with Crippen LogP contribution in [0.2, 0.25) is 0 Å². The molecule has 11 heteroatoms. The first-order valence-electron chi connectivity index (χ1n) is 14.5. The van der Waals surface area contributed by atoms with Crippen molar-refractivity contribution < 1.29 is 24.1 Å². The Balaban J connectivity index is 1.52. The first kappa shape index (κ1) is 31.1. The maximum atomic E-state index is 14.4. The topological polar surface area (TPSA) is 150 Å². The van der Waals surface area contributed by atoms with E-state index in [1.807, 2.05) is 78.9 Å². The van der Waals surface area contributed by atoms with Gasteiger partial charge in [-0.15, -0.1) is 0 Å². The van der Waals surface area contributed by atoms with Crippen molar-refractivity contribution in [2.75, 3.05) is 20.3 Å². The van der Waals surface area contributed by atoms with E-state index in [0.29, 0.717) is 42.1 Å². The van der Waals surface area contributed by atoms with Crippen molar-refractivity contribution in [3.8, 4) is 11.5 Å². The van der Waals surface area contributed by atoms with E-state index in [-0.39, 0.29) is 18.9 Å². The summed E-state index contributed by atoms with van der Waals surface area (Å²) in [7, 11) is 1.61. The van der Waals surface area contributed by atoms with Gasteiger partial charge in [-0.05, 0) is 58.6 Å². The molecule has 1 amide bonds. The number of benzene rings is 4. The molecule has 45 heavy (non-hydrogen) atoms. The summed E-state index contributed by atoms with van der Waals surface area (Å²) >= 11 is 0. The fraction of sp³-hybridized carbons (Fsp3) is 0.235. The highest BCUT2D eigenvalue weighted by Gasteiger charge is 2.53. The predicted octanol–water partition coefficient (Wildman–Crippen LogP) is 5.72. The van der Waals surface area contributed by atoms with Crippen LogP contribution in [0.5, 0.6) is 11.5 Å². The molecule has 0 aromatic heterocycles. The monoisotopic (exact) mass is 606 g/mol. The third kappa shape index (κ3) is 7.42. The number of amides is 1. The third-order valence-corrected chi connectivity index (χ3v) is 7.39. The van der Waals surface area contributed by atoms with Crippen LogP contribution in [0.15, 0.2) is 113 Å². The van der Waals surface area contributed by atoms with Gasteiger partial charge in [-0.25, -0.2) is 10.4 Å². The highest BCUT2D eigenvalue weighted by Crippen LogP contribution is 2.43. The molecule has 11 nitrogen and oxygen atoms in total. The number of azide groups is 1. The second-order valence-corrected chi connectivity index (χ2v) is 10.4. The normalized spacial score (nSPS) is 17.0. The maximum Gasteiger partial charge on any atom is 0.266 e. The van der Waals surface area contributed by atoms with Gasteiger partial charge in [0.15, 0.2) is 11.6 Å². The van der Waals surface area contributed by atoms with Gasteiger partial charge in [0.2, 0.25) is 5.90 Å². The Morgan fingerprint density at radius 1 is 1.00 bits per heavy atom. The molecule has 1 heterocycles. The second kappa shape index (κ2) is 14.9. The highest BCUT2D eigenvalue weighted by molar-refractivity contribution is 6.01. The number of carbonyl (C=O) groups is 1. The molecule has 4 aromatic rings. The number of methoxy groups -OCH3 is 1. The minimum absolute atomic E-state index is 0.0471. The minimum Gasteiger partial charge on any atom is -0.497 e. The van der Waals surface area contributed by atoms with Gasteiger partial charge in [0.05, 0.1) is 13.7 Å². The molecule has 0 unspecified atom stereocenters. The zero-order valence-electron chi connectivity index (χ0n) is 24.8. The van der Waals surface area contributed by atoms with Crippen LogP contribution >= 0.6 is 0 Å². The lowest BCUT2D eigenvalue weighted by molar-refractivity contribution is -0.130. The standard InChI is InChI=1S/C34H34N6O5/c1-43-28-16-12-24(13-17-28)23-36-39-33(42)34(22-27-10-5-6-11-30(27)38-40-35)31(25-8-3-2-4-9-25)45-32(37-34)26-14-18-29(19-15-26)44-21-7-20-41/h2-6,8-19,31,36,41H,7,20-23H2,1H3,(H,39,42)/t31-,34-/m0/s1. The molecule has 4 aromatic carbocycles. The van der Waals surface area contributed by atoms with E-state index in [0.717, 1.165) is 16.9 Å². The van der Waals surface area contributed by atoms with Crippen molar-refractivity contribution in [3.05, 3.63) is 136 Å². The zero-order valence-corrected chi connectivity index (χ0v) is 24.8. The molecule has 0 spiro atoms. The molecule has 1 aliphatic heterocycles. The van der Waals surface area contributed by atoms with Gasteiger partial charge in [0.25, 0.3) is 5.91 Å². The van der Waals surface area contributed by atoms with Crippen molar-refractivity contribution in [3.63, 3.8) is 0 Å². The van der Waals surface area contributed by atoms with Gasteiger partial charge in [-0.2, -0.15) is 0 Å². The van der Waals surface area contributed by atoms with Crippen LogP contribution in [0.3, 0.4) is 0 Å². The average molecular weight is 607 g/mol. The van der Waals surface area contributed by atoms with Crippen molar-refractivity contribution in [2.45, 2.75) is 31.0 Å². The molecule has 0 saturated carbocycles. The lowest BCUT2D eigenvalue weighted by atomic mass is 9.81. The molecule has 3 N–H and O–H groups in total. The Labute approximate surface area is 261 Å². The minimum atomic E-state index is -1.49. The summed E-state index contributed by atoms with van der Waals surface area (Å²) in [6.07, 6.45) is -0.197. The van der Waals surface area contributed by atoms with Crippen molar-refractivity contribution >= 4 is 17.5 Å². The number of carbonyl (C=O) groups excluding carboxylic acids is 1. The maximum absolute atomic E-state index is 14.4. The molecular weight excluding hydrogens is 572 g/mol. The Bertz CT molecular complexity index is 1660. The van der Waals surface area contributed by atoms with Crippen LogP contribution in [0.1, 0.15) is 34.8 Å². The van der Waals surface area contributed by atoms with Crippen LogP contribution in [0.25, 0.3) is 10.4 Å². The highest BCUT2D eigenvalue weighted by atomic mass is 16.5. The largest absolute Gasteiger partial charge is 0.497 e. The number of aliphatic hydroxyl groups is 1. The second-order valence-electron chi connectivity index (χ2n) is 10.4. The van der Waals surface area contributed by atoms with Gasteiger partial charge in [0, 0.05) is 42.2 Å². The third-order valence-electron chi connectivity index (χ3n) is 7.39. The molecule has 0 radical (unpaired) electrons. The number of hydrazine groups is 1. The summed E-state index contributed by atoms with van der Waals surface area (Å²) in [5.74, 6) is 1.25. The molecule has 1 aliphatic rings. The molecule has 2 atom stereocenters. The summed E-state index contributed by atoms with van der Waals surface area (Å²) in [4.78, 5) is 22.4. The van der Waals surface area contributed by atoms with E-state index in [1.165, 1.54) is 0 Å². The van der Waals surface area contributed by atoms with E-state index >= 15 is 0 Å². The van der Waals surface area contributed by atoms with E-state index in [1.54, 1.807) is 31.4 Å². The molecule has 0 saturated heterocycles. The quantitative estimate of drug-likeness (QED) is 0.0549. The lowest BCUT2D eigenvalue weighted by Crippen LogP contribution is -2.53. The average Bonchev–Trinajstić information content (AvgIpc) is 3.47. The SMILES string of the molecule is COc1ccc(CNNC(=O)[C@@]2(Cc3ccccc3N=[N+]=[N-])N=C(c3ccc(OCCCO)cc3)O[C@H]2c2ccccc2)cc1. The van der Waals surface area contributed by atoms with Crippen molar-refractivity contribution in [1.82, 2.24) is 10.9 Å². The van der Waals surface area contributed by atoms with Crippen LogP contribution in [-0.2, 0) is 22.5 Å². The Kier molecular flexibility index (Phi) is 10.3. The van der Waals surface area contributed by atoms with Crippen LogP contribution in [-0.4, -0.2) is 42.8 Å². The predicted molar refractivity (Wildman–Crippen MR) is 170 cm³/mol. The number of aliphatic imine (C=N–C) groups is 1. The number of hydrogen-bond donors (Lipinski definition) is 3. The fourth-order valence-corrected chi connectivity index (χ4v) is 5.08. The molecule has 0 fully saturated rings. The van der Waals surface area contributed by atoms with Crippen molar-refractivity contribution in [2.24, 2.45) is 10.1 Å². The Morgan fingerprint density at radius 2 is 1.71 bits per heavy atom. The molecule has 5 rings (SSSR count). The van der Waals surface area contributed by atoms with Gasteiger partial charge < -0.3 is 19.3 Å². The number of nitrogens with zero attached hydrogens (tertiary/aromatic N) is 4. The molecular formula is C34H34N6O5. The van der Waals surface area contributed by atoms with Gasteiger partial charge in [-0.1, -0.05) is 71.8 Å². The van der Waals surface area contributed by atoms with E-state index < -0.39 is 17.6 Å². The van der Waals surface area contributed by atoms with E-state index in [2.05, 4.69) is 20.9 Å². The number of ether oxygens (including phenoxy) is 3. The van der Waals surface area contributed by atoms with E-state index in [4.69, 9.17) is 24.3 Å². The first-order chi connectivity index (χ1) is 22.1. The zero-order chi connectivity index (χ0) is 31.5. The van der Waals surface area contributed by atoms with Gasteiger partial charge in [0.1, 0.15) is 11.5 Å². The summed E-state index contributed by atoms with van der Waals surface area (Å²) in [5.41, 5.74) is 17.1. The van der Waals surface area contributed by atoms with Crippen LogP contribution in [0.4, 0.5) is 5.69 Å². The number of nitrogens with one attached hydrogen (secondary N) is 2. The van der Waals surface area contributed by atoms with Crippen LogP contribution < -0.4 is 20.3 Å². The smallest absolute Gasteiger partial charge is 0.266 e. The van der Waals surface area contributed by atoms with Gasteiger partial charge >= 0.3 is 0 Å². The number of rotatable bonds is 14. The Morgan fingerprint density at radius 3 is 2.42 bits per heavy atom. The Hall–Kier alpha value is -5.35. The first-order valence-corrected chi connectivity index (χ1v) is 14.5. The lowest BCUT2D eigenvalue weighted by Gasteiger charge is -2.31. The van der Waals surface area contributed by atoms with E-state index in [9.17, 15) is 10.3 Å². The molecule has 0 bridgehead atoms. The fourth-order valence-electron chi connectivity index (χ4n) is 5.08. The summed E-state index contributed by atoms with van der Waals surface area (Å²) in [6.45, 7) is 0.790. The summed E-state index contributed by atoms with van der Waals surface area (Å²) in [6, 6.07) is 31.3. The van der Waals surface area contributed by atoms with Crippen LogP contribution in [0, 0.1) is 0 Å². The summed E-state index contributed by atoms with van der Waals surface area (Å²) < 4.78 is 17.5. The summed E-state index contributed by atoms with van der Waals surface area (Å²) in [5, 5.41) is 12.9. The molecule has 0 aliphatic carbocycles. The molecule has 230 valence electrons.